The summed E-state index contributed by atoms with van der Waals surface area (Å²) in [6, 6.07) is 15.2. The van der Waals surface area contributed by atoms with E-state index in [1.54, 1.807) is 18.3 Å². The van der Waals surface area contributed by atoms with Gasteiger partial charge in [0, 0.05) is 36.9 Å². The lowest BCUT2D eigenvalue weighted by atomic mass is 9.96. The zero-order valence-corrected chi connectivity index (χ0v) is 14.5. The van der Waals surface area contributed by atoms with Gasteiger partial charge in [0.1, 0.15) is 6.54 Å². The van der Waals surface area contributed by atoms with Crippen LogP contribution in [0, 0.1) is 5.92 Å². The third-order valence-electron chi connectivity index (χ3n) is 5.09. The molecule has 1 aliphatic rings. The van der Waals surface area contributed by atoms with Crippen molar-refractivity contribution in [3.8, 4) is 0 Å². The maximum atomic E-state index is 12.5. The van der Waals surface area contributed by atoms with E-state index in [2.05, 4.69) is 17.1 Å². The van der Waals surface area contributed by atoms with Crippen LogP contribution in [0.15, 0.2) is 65.7 Å². The first-order valence-corrected chi connectivity index (χ1v) is 8.96. The number of aromatic nitrogens is 2. The number of amides is 1. The van der Waals surface area contributed by atoms with E-state index in [1.165, 1.54) is 21.6 Å². The lowest BCUT2D eigenvalue weighted by Gasteiger charge is -2.17. The summed E-state index contributed by atoms with van der Waals surface area (Å²) in [6.07, 6.45) is 5.46. The van der Waals surface area contributed by atoms with Crippen molar-refractivity contribution in [3.05, 3.63) is 76.8 Å². The van der Waals surface area contributed by atoms with Crippen molar-refractivity contribution in [2.45, 2.75) is 19.4 Å². The summed E-state index contributed by atoms with van der Waals surface area (Å²) < 4.78 is 1.46. The molecule has 1 aromatic carbocycles. The fraction of sp³-hybridized carbons (Fsp3) is 0.286. The summed E-state index contributed by atoms with van der Waals surface area (Å²) in [5.74, 6) is 0.456. The highest BCUT2D eigenvalue weighted by molar-refractivity contribution is 5.82. The van der Waals surface area contributed by atoms with Crippen molar-refractivity contribution in [1.29, 1.82) is 0 Å². The standard InChI is InChI=1S/C21H21N3O2/c25-20-7-3-4-11-23(20)15-21(26)24-12-9-16(14-24)13-17-8-10-22-19-6-2-1-5-18(17)19/h1-8,10-11,16H,9,12-15H2. The molecule has 5 heteroatoms. The molecule has 26 heavy (non-hydrogen) atoms. The monoisotopic (exact) mass is 347 g/mol. The smallest absolute Gasteiger partial charge is 0.250 e. The molecule has 3 heterocycles. The number of hydrogen-bond donors (Lipinski definition) is 0. The van der Waals surface area contributed by atoms with Gasteiger partial charge >= 0.3 is 0 Å². The molecule has 1 atom stereocenters. The number of likely N-dealkylation sites (tertiary alicyclic amines) is 1. The van der Waals surface area contributed by atoms with Crippen LogP contribution < -0.4 is 5.56 Å². The van der Waals surface area contributed by atoms with E-state index in [-0.39, 0.29) is 18.0 Å². The van der Waals surface area contributed by atoms with Crippen LogP contribution in [0.3, 0.4) is 0 Å². The lowest BCUT2D eigenvalue weighted by Crippen LogP contribution is -2.34. The second-order valence-corrected chi connectivity index (χ2v) is 6.85. The average Bonchev–Trinajstić information content (AvgIpc) is 3.13. The molecular weight excluding hydrogens is 326 g/mol. The predicted octanol–water partition coefficient (Wildman–Crippen LogP) is 2.49. The molecular formula is C21H21N3O2. The van der Waals surface area contributed by atoms with Crippen molar-refractivity contribution < 1.29 is 4.79 Å². The van der Waals surface area contributed by atoms with Crippen molar-refractivity contribution in [2.24, 2.45) is 5.92 Å². The Kier molecular flexibility index (Phi) is 4.52. The zero-order chi connectivity index (χ0) is 17.9. The number of pyridine rings is 2. The first-order valence-electron chi connectivity index (χ1n) is 8.96. The topological polar surface area (TPSA) is 55.2 Å². The molecule has 4 rings (SSSR count). The summed E-state index contributed by atoms with van der Waals surface area (Å²) in [5.41, 5.74) is 2.16. The van der Waals surface area contributed by atoms with Gasteiger partial charge in [-0.05, 0) is 42.5 Å². The molecule has 0 spiro atoms. The molecule has 0 bridgehead atoms. The molecule has 0 saturated carbocycles. The highest BCUT2D eigenvalue weighted by Gasteiger charge is 2.26. The van der Waals surface area contributed by atoms with E-state index in [1.807, 2.05) is 29.3 Å². The third kappa shape index (κ3) is 3.38. The van der Waals surface area contributed by atoms with E-state index >= 15 is 0 Å². The van der Waals surface area contributed by atoms with Gasteiger partial charge in [-0.25, -0.2) is 0 Å². The molecule has 132 valence electrons. The molecule has 1 fully saturated rings. The average molecular weight is 347 g/mol. The van der Waals surface area contributed by atoms with E-state index in [4.69, 9.17) is 0 Å². The fourth-order valence-electron chi connectivity index (χ4n) is 3.71. The van der Waals surface area contributed by atoms with E-state index in [9.17, 15) is 9.59 Å². The third-order valence-corrected chi connectivity index (χ3v) is 5.09. The quantitative estimate of drug-likeness (QED) is 0.729. The summed E-state index contributed by atoms with van der Waals surface area (Å²) in [5, 5.41) is 1.19. The molecule has 5 nitrogen and oxygen atoms in total. The van der Waals surface area contributed by atoms with E-state index < -0.39 is 0 Å². The Morgan fingerprint density at radius 1 is 1.12 bits per heavy atom. The van der Waals surface area contributed by atoms with Crippen LogP contribution >= 0.6 is 0 Å². The Balaban J connectivity index is 1.43. The van der Waals surface area contributed by atoms with Crippen molar-refractivity contribution in [2.75, 3.05) is 13.1 Å². The second-order valence-electron chi connectivity index (χ2n) is 6.85. The van der Waals surface area contributed by atoms with Gasteiger partial charge in [0.2, 0.25) is 5.91 Å². The number of carbonyl (C=O) groups is 1. The number of carbonyl (C=O) groups excluding carboxylic acids is 1. The molecule has 1 amide bonds. The molecule has 0 aliphatic carbocycles. The van der Waals surface area contributed by atoms with Crippen molar-refractivity contribution in [3.63, 3.8) is 0 Å². The maximum Gasteiger partial charge on any atom is 0.250 e. The van der Waals surface area contributed by atoms with E-state index in [0.29, 0.717) is 5.92 Å². The van der Waals surface area contributed by atoms with Crippen LogP contribution in [-0.2, 0) is 17.8 Å². The minimum Gasteiger partial charge on any atom is -0.341 e. The normalized spacial score (nSPS) is 16.9. The molecule has 1 unspecified atom stereocenters. The molecule has 0 N–H and O–H groups in total. The van der Waals surface area contributed by atoms with Crippen molar-refractivity contribution >= 4 is 16.8 Å². The Labute approximate surface area is 151 Å². The molecule has 1 saturated heterocycles. The summed E-state index contributed by atoms with van der Waals surface area (Å²) in [6.45, 7) is 1.62. The minimum absolute atomic E-state index is 0.0142. The summed E-state index contributed by atoms with van der Waals surface area (Å²) in [7, 11) is 0. The maximum absolute atomic E-state index is 12.5. The Hall–Kier alpha value is -2.95. The number of benzene rings is 1. The lowest BCUT2D eigenvalue weighted by molar-refractivity contribution is -0.130. The number of hydrogen-bond acceptors (Lipinski definition) is 3. The van der Waals surface area contributed by atoms with Crippen LogP contribution in [0.4, 0.5) is 0 Å². The summed E-state index contributed by atoms with van der Waals surface area (Å²) in [4.78, 5) is 30.6. The first-order chi connectivity index (χ1) is 12.7. The molecule has 0 radical (unpaired) electrons. The Morgan fingerprint density at radius 2 is 1.96 bits per heavy atom. The van der Waals surface area contributed by atoms with Crippen LogP contribution in [0.1, 0.15) is 12.0 Å². The van der Waals surface area contributed by atoms with Gasteiger partial charge in [0.15, 0.2) is 0 Å². The van der Waals surface area contributed by atoms with Gasteiger partial charge in [-0.1, -0.05) is 24.3 Å². The van der Waals surface area contributed by atoms with Crippen LogP contribution in [0.25, 0.3) is 10.9 Å². The number of rotatable bonds is 4. The van der Waals surface area contributed by atoms with Gasteiger partial charge in [0.05, 0.1) is 5.52 Å². The zero-order valence-electron chi connectivity index (χ0n) is 14.5. The number of fused-ring (bicyclic) bond motifs is 1. The van der Waals surface area contributed by atoms with Gasteiger partial charge < -0.3 is 9.47 Å². The van der Waals surface area contributed by atoms with Crippen LogP contribution in [0.5, 0.6) is 0 Å². The second kappa shape index (κ2) is 7.12. The van der Waals surface area contributed by atoms with Gasteiger partial charge in [-0.2, -0.15) is 0 Å². The number of nitrogens with zero attached hydrogens (tertiary/aromatic N) is 3. The Morgan fingerprint density at radius 3 is 2.85 bits per heavy atom. The highest BCUT2D eigenvalue weighted by Crippen LogP contribution is 2.25. The first kappa shape index (κ1) is 16.5. The van der Waals surface area contributed by atoms with Crippen LogP contribution in [0.2, 0.25) is 0 Å². The predicted molar refractivity (Wildman–Crippen MR) is 101 cm³/mol. The largest absolute Gasteiger partial charge is 0.341 e. The fourth-order valence-corrected chi connectivity index (χ4v) is 3.71. The minimum atomic E-state index is -0.139. The Bertz CT molecular complexity index is 990. The van der Waals surface area contributed by atoms with E-state index in [0.717, 1.165) is 31.4 Å². The van der Waals surface area contributed by atoms with Gasteiger partial charge in [-0.15, -0.1) is 0 Å². The van der Waals surface area contributed by atoms with Gasteiger partial charge in [0.25, 0.3) is 5.56 Å². The number of para-hydroxylation sites is 1. The summed E-state index contributed by atoms with van der Waals surface area (Å²) >= 11 is 0. The SMILES string of the molecule is O=C(Cn1ccccc1=O)N1CCC(Cc2ccnc3ccccc23)C1. The highest BCUT2D eigenvalue weighted by atomic mass is 16.2. The molecule has 2 aromatic heterocycles. The van der Waals surface area contributed by atoms with Gasteiger partial charge in [-0.3, -0.25) is 14.6 Å². The van der Waals surface area contributed by atoms with Crippen LogP contribution in [-0.4, -0.2) is 33.4 Å². The molecule has 3 aromatic rings. The molecule has 1 aliphatic heterocycles. The van der Waals surface area contributed by atoms with Crippen molar-refractivity contribution in [1.82, 2.24) is 14.5 Å².